The van der Waals surface area contributed by atoms with Crippen LogP contribution in [0, 0.1) is 5.82 Å². The molecule has 3 aromatic rings. The van der Waals surface area contributed by atoms with Crippen LogP contribution in [0.2, 0.25) is 0 Å². The standard InChI is InChI=1S/C24H18FN3O7/c25-15-4-6-16(7-5-15)27-20(29)11-26-21(30)13-35-24(33)14-3-8-18-19(10-14)23(32)28(22(18)31)12-17-2-1-9-34-17/h1-10H,11-13H2,(H,26,30)(H,27,29). The predicted molar refractivity (Wildman–Crippen MR) is 118 cm³/mol. The largest absolute Gasteiger partial charge is 0.467 e. The molecule has 35 heavy (non-hydrogen) atoms. The average Bonchev–Trinajstić information content (AvgIpc) is 3.45. The number of esters is 1. The van der Waals surface area contributed by atoms with Crippen molar-refractivity contribution < 1.29 is 37.5 Å². The van der Waals surface area contributed by atoms with Gasteiger partial charge in [0.1, 0.15) is 11.6 Å². The van der Waals surface area contributed by atoms with Crippen molar-refractivity contribution in [3.63, 3.8) is 0 Å². The Labute approximate surface area is 197 Å². The van der Waals surface area contributed by atoms with Gasteiger partial charge in [0.15, 0.2) is 6.61 Å². The topological polar surface area (TPSA) is 135 Å². The number of carbonyl (C=O) groups excluding carboxylic acids is 5. The quantitative estimate of drug-likeness (QED) is 0.373. The third-order valence-corrected chi connectivity index (χ3v) is 5.01. The highest BCUT2D eigenvalue weighted by molar-refractivity contribution is 6.21. The molecule has 178 valence electrons. The highest BCUT2D eigenvalue weighted by Crippen LogP contribution is 2.26. The van der Waals surface area contributed by atoms with Gasteiger partial charge in [0, 0.05) is 5.69 Å². The van der Waals surface area contributed by atoms with E-state index in [-0.39, 0.29) is 23.2 Å². The normalized spacial score (nSPS) is 12.3. The Hall–Kier alpha value is -4.80. The van der Waals surface area contributed by atoms with Crippen LogP contribution in [0.5, 0.6) is 0 Å². The number of fused-ring (bicyclic) bond motifs is 1. The molecular weight excluding hydrogens is 461 g/mol. The van der Waals surface area contributed by atoms with Crippen LogP contribution in [0.15, 0.2) is 65.3 Å². The van der Waals surface area contributed by atoms with E-state index in [9.17, 15) is 28.4 Å². The lowest BCUT2D eigenvalue weighted by atomic mass is 10.1. The Balaban J connectivity index is 1.28. The van der Waals surface area contributed by atoms with Gasteiger partial charge in [-0.25, -0.2) is 9.18 Å². The van der Waals surface area contributed by atoms with Gasteiger partial charge in [0.05, 0.1) is 36.0 Å². The molecule has 0 saturated heterocycles. The number of nitrogens with one attached hydrogen (secondary N) is 2. The van der Waals surface area contributed by atoms with Crippen molar-refractivity contribution in [1.29, 1.82) is 0 Å². The minimum Gasteiger partial charge on any atom is -0.467 e. The van der Waals surface area contributed by atoms with Crippen LogP contribution in [0.1, 0.15) is 36.8 Å². The summed E-state index contributed by atoms with van der Waals surface area (Å²) in [5.41, 5.74) is 0.511. The summed E-state index contributed by atoms with van der Waals surface area (Å²) in [6.07, 6.45) is 1.43. The van der Waals surface area contributed by atoms with Crippen molar-refractivity contribution in [3.05, 3.63) is 89.1 Å². The molecule has 0 unspecified atom stereocenters. The van der Waals surface area contributed by atoms with Gasteiger partial charge in [0.2, 0.25) is 5.91 Å². The number of halogens is 1. The number of rotatable bonds is 8. The van der Waals surface area contributed by atoms with E-state index in [4.69, 9.17) is 9.15 Å². The first kappa shape index (κ1) is 23.4. The first-order valence-electron chi connectivity index (χ1n) is 10.3. The molecule has 1 aliphatic heterocycles. The zero-order valence-electron chi connectivity index (χ0n) is 18.1. The summed E-state index contributed by atoms with van der Waals surface area (Å²) in [5, 5.41) is 4.75. The van der Waals surface area contributed by atoms with Gasteiger partial charge in [-0.1, -0.05) is 0 Å². The Morgan fingerprint density at radius 1 is 0.943 bits per heavy atom. The zero-order valence-corrected chi connectivity index (χ0v) is 18.1. The fourth-order valence-electron chi connectivity index (χ4n) is 3.30. The fraction of sp³-hybridized carbons (Fsp3) is 0.125. The van der Waals surface area contributed by atoms with E-state index in [0.717, 1.165) is 4.90 Å². The summed E-state index contributed by atoms with van der Waals surface area (Å²) in [5.74, 6) is -3.30. The maximum absolute atomic E-state index is 12.9. The minimum atomic E-state index is -0.886. The molecule has 2 heterocycles. The number of anilines is 1. The lowest BCUT2D eigenvalue weighted by Gasteiger charge is -2.11. The molecule has 0 aliphatic carbocycles. The Bertz CT molecular complexity index is 1300. The second kappa shape index (κ2) is 10.00. The third kappa shape index (κ3) is 5.41. The zero-order chi connectivity index (χ0) is 24.9. The molecule has 1 aromatic heterocycles. The Morgan fingerprint density at radius 3 is 2.40 bits per heavy atom. The summed E-state index contributed by atoms with van der Waals surface area (Å²) < 4.78 is 23.0. The molecule has 2 aromatic carbocycles. The number of hydrogen-bond acceptors (Lipinski definition) is 7. The number of imide groups is 1. The smallest absolute Gasteiger partial charge is 0.338 e. The molecule has 0 saturated carbocycles. The number of ether oxygens (including phenoxy) is 1. The van der Waals surface area contributed by atoms with Crippen molar-refractivity contribution in [1.82, 2.24) is 10.2 Å². The van der Waals surface area contributed by atoms with E-state index in [0.29, 0.717) is 11.4 Å². The van der Waals surface area contributed by atoms with E-state index in [1.165, 1.54) is 48.7 Å². The molecule has 4 amide bonds. The second-order valence-electron chi connectivity index (χ2n) is 7.44. The molecule has 0 bridgehead atoms. The van der Waals surface area contributed by atoms with Gasteiger partial charge in [-0.15, -0.1) is 0 Å². The first-order valence-corrected chi connectivity index (χ1v) is 10.3. The van der Waals surface area contributed by atoms with Gasteiger partial charge < -0.3 is 19.8 Å². The lowest BCUT2D eigenvalue weighted by Crippen LogP contribution is -2.35. The van der Waals surface area contributed by atoms with Gasteiger partial charge in [-0.05, 0) is 54.6 Å². The predicted octanol–water partition coefficient (Wildman–Crippen LogP) is 2.13. The third-order valence-electron chi connectivity index (χ3n) is 5.01. The Kier molecular flexibility index (Phi) is 6.67. The van der Waals surface area contributed by atoms with E-state index in [1.54, 1.807) is 12.1 Å². The van der Waals surface area contributed by atoms with E-state index in [1.807, 2.05) is 0 Å². The van der Waals surface area contributed by atoms with Crippen LogP contribution in [-0.2, 0) is 20.9 Å². The Morgan fingerprint density at radius 2 is 1.69 bits per heavy atom. The fourth-order valence-corrected chi connectivity index (χ4v) is 3.30. The molecule has 0 radical (unpaired) electrons. The van der Waals surface area contributed by atoms with Crippen LogP contribution in [0.25, 0.3) is 0 Å². The maximum atomic E-state index is 12.9. The van der Waals surface area contributed by atoms with Crippen molar-refractivity contribution in [2.24, 2.45) is 0 Å². The van der Waals surface area contributed by atoms with Gasteiger partial charge in [-0.2, -0.15) is 0 Å². The summed E-state index contributed by atoms with van der Waals surface area (Å²) in [6, 6.07) is 12.2. The number of amides is 4. The van der Waals surface area contributed by atoms with Crippen molar-refractivity contribution in [3.8, 4) is 0 Å². The number of carbonyl (C=O) groups is 5. The van der Waals surface area contributed by atoms with E-state index >= 15 is 0 Å². The summed E-state index contributed by atoms with van der Waals surface area (Å²) in [7, 11) is 0. The van der Waals surface area contributed by atoms with E-state index in [2.05, 4.69) is 10.6 Å². The van der Waals surface area contributed by atoms with E-state index < -0.39 is 48.6 Å². The molecule has 1 aliphatic rings. The highest BCUT2D eigenvalue weighted by Gasteiger charge is 2.36. The van der Waals surface area contributed by atoms with Crippen LogP contribution in [0.3, 0.4) is 0 Å². The molecule has 0 atom stereocenters. The summed E-state index contributed by atoms with van der Waals surface area (Å²) in [4.78, 5) is 62.3. The molecule has 4 rings (SSSR count). The van der Waals surface area contributed by atoms with Crippen LogP contribution >= 0.6 is 0 Å². The SMILES string of the molecule is O=C(COC(=O)c1ccc2c(c1)C(=O)N(Cc1ccco1)C2=O)NCC(=O)Nc1ccc(F)cc1. The highest BCUT2D eigenvalue weighted by atomic mass is 19.1. The second-order valence-corrected chi connectivity index (χ2v) is 7.44. The maximum Gasteiger partial charge on any atom is 0.338 e. The molecule has 0 fully saturated rings. The number of nitrogens with zero attached hydrogens (tertiary/aromatic N) is 1. The average molecular weight is 479 g/mol. The first-order chi connectivity index (χ1) is 16.8. The summed E-state index contributed by atoms with van der Waals surface area (Å²) in [6.45, 7) is -1.11. The lowest BCUT2D eigenvalue weighted by molar-refractivity contribution is -0.126. The van der Waals surface area contributed by atoms with Gasteiger partial charge >= 0.3 is 5.97 Å². The number of furan rings is 1. The number of hydrogen-bond donors (Lipinski definition) is 2. The molecule has 11 heteroatoms. The van der Waals surface area contributed by atoms with Crippen LogP contribution in [0.4, 0.5) is 10.1 Å². The monoisotopic (exact) mass is 479 g/mol. The number of benzene rings is 2. The molecular formula is C24H18FN3O7. The van der Waals surface area contributed by atoms with Crippen LogP contribution in [-0.4, -0.2) is 47.6 Å². The van der Waals surface area contributed by atoms with Gasteiger partial charge in [-0.3, -0.25) is 24.1 Å². The molecule has 10 nitrogen and oxygen atoms in total. The molecule has 2 N–H and O–H groups in total. The van der Waals surface area contributed by atoms with Crippen molar-refractivity contribution >= 4 is 35.3 Å². The summed E-state index contributed by atoms with van der Waals surface area (Å²) >= 11 is 0. The van der Waals surface area contributed by atoms with Crippen molar-refractivity contribution in [2.75, 3.05) is 18.5 Å². The van der Waals surface area contributed by atoms with Gasteiger partial charge in [0.25, 0.3) is 17.7 Å². The van der Waals surface area contributed by atoms with Crippen LogP contribution < -0.4 is 10.6 Å². The van der Waals surface area contributed by atoms with Crippen molar-refractivity contribution in [2.45, 2.75) is 6.54 Å². The minimum absolute atomic E-state index is 0.0217. The molecule has 0 spiro atoms.